The number of rotatable bonds is 2. The van der Waals surface area contributed by atoms with E-state index in [-0.39, 0.29) is 0 Å². The quantitative estimate of drug-likeness (QED) is 0.833. The summed E-state index contributed by atoms with van der Waals surface area (Å²) in [5, 5.41) is 8.85. The molecule has 0 amide bonds. The third-order valence-electron chi connectivity index (χ3n) is 3.64. The first-order valence-corrected chi connectivity index (χ1v) is 6.05. The van der Waals surface area contributed by atoms with Crippen LogP contribution in [0.2, 0.25) is 0 Å². The Morgan fingerprint density at radius 2 is 2.47 bits per heavy atom. The Balaban J connectivity index is 2.15. The molecule has 0 radical (unpaired) electrons. The zero-order valence-corrected chi connectivity index (χ0v) is 10.1. The van der Waals surface area contributed by atoms with Crippen LogP contribution >= 0.6 is 0 Å². The second-order valence-electron chi connectivity index (χ2n) is 4.72. The number of piperidine rings is 1. The van der Waals surface area contributed by atoms with Crippen LogP contribution in [-0.2, 0) is 0 Å². The molecule has 2 N–H and O–H groups in total. The second-order valence-corrected chi connectivity index (χ2v) is 4.72. The molecule has 17 heavy (non-hydrogen) atoms. The summed E-state index contributed by atoms with van der Waals surface area (Å²) in [4.78, 5) is 6.30. The molecule has 1 fully saturated rings. The van der Waals surface area contributed by atoms with Crippen molar-refractivity contribution in [1.82, 2.24) is 4.98 Å². The van der Waals surface area contributed by atoms with Crippen molar-refractivity contribution in [3.8, 4) is 6.07 Å². The largest absolute Gasteiger partial charge is 0.371 e. The maximum absolute atomic E-state index is 8.85. The van der Waals surface area contributed by atoms with Gasteiger partial charge in [0.2, 0.25) is 0 Å². The van der Waals surface area contributed by atoms with Crippen molar-refractivity contribution in [2.24, 2.45) is 17.6 Å². The van der Waals surface area contributed by atoms with Crippen LogP contribution in [0.25, 0.3) is 0 Å². The standard InChI is InChI=1S/C13H18N4/c1-10-3-5-17(9-11(10)7-14)13-2-4-16-12(6-13)8-15/h2,4,6,10-11H,3,5,7,9,14H2,1H3. The highest BCUT2D eigenvalue weighted by molar-refractivity contribution is 5.49. The average Bonchev–Trinajstić information content (AvgIpc) is 2.39. The van der Waals surface area contributed by atoms with Gasteiger partial charge in [-0.05, 0) is 36.9 Å². The van der Waals surface area contributed by atoms with E-state index in [0.717, 1.165) is 31.7 Å². The molecule has 2 unspecified atom stereocenters. The summed E-state index contributed by atoms with van der Waals surface area (Å²) in [7, 11) is 0. The maximum Gasteiger partial charge on any atom is 0.142 e. The first-order chi connectivity index (χ1) is 8.24. The van der Waals surface area contributed by atoms with E-state index in [2.05, 4.69) is 22.9 Å². The molecule has 1 saturated heterocycles. The van der Waals surface area contributed by atoms with Gasteiger partial charge in [-0.3, -0.25) is 0 Å². The average molecular weight is 230 g/mol. The first kappa shape index (κ1) is 11.9. The maximum atomic E-state index is 8.85. The number of nitrogens with two attached hydrogens (primary N) is 1. The zero-order chi connectivity index (χ0) is 12.3. The lowest BCUT2D eigenvalue weighted by atomic mass is 9.87. The first-order valence-electron chi connectivity index (χ1n) is 6.05. The van der Waals surface area contributed by atoms with E-state index in [0.29, 0.717) is 17.5 Å². The van der Waals surface area contributed by atoms with E-state index in [1.165, 1.54) is 0 Å². The summed E-state index contributed by atoms with van der Waals surface area (Å²) in [5.41, 5.74) is 7.36. The molecule has 1 aliphatic heterocycles. The van der Waals surface area contributed by atoms with E-state index < -0.39 is 0 Å². The van der Waals surface area contributed by atoms with Gasteiger partial charge in [-0.25, -0.2) is 4.98 Å². The predicted molar refractivity (Wildman–Crippen MR) is 67.5 cm³/mol. The lowest BCUT2D eigenvalue weighted by Crippen LogP contribution is -2.42. The Labute approximate surface area is 102 Å². The molecule has 90 valence electrons. The Morgan fingerprint density at radius 1 is 1.65 bits per heavy atom. The van der Waals surface area contributed by atoms with E-state index in [4.69, 9.17) is 11.0 Å². The molecule has 4 heteroatoms. The molecule has 2 heterocycles. The molecular formula is C13H18N4. The molecule has 0 spiro atoms. The minimum Gasteiger partial charge on any atom is -0.371 e. The van der Waals surface area contributed by atoms with Crippen molar-refractivity contribution in [3.63, 3.8) is 0 Å². The molecule has 0 saturated carbocycles. The summed E-state index contributed by atoms with van der Waals surface area (Å²) < 4.78 is 0. The fourth-order valence-corrected chi connectivity index (χ4v) is 2.37. The highest BCUT2D eigenvalue weighted by Gasteiger charge is 2.25. The SMILES string of the molecule is CC1CCN(c2ccnc(C#N)c2)CC1CN. The Morgan fingerprint density at radius 3 is 3.18 bits per heavy atom. The summed E-state index contributed by atoms with van der Waals surface area (Å²) in [6.07, 6.45) is 2.86. The van der Waals surface area contributed by atoms with Gasteiger partial charge in [-0.2, -0.15) is 5.26 Å². The van der Waals surface area contributed by atoms with Crippen LogP contribution in [0.5, 0.6) is 0 Å². The van der Waals surface area contributed by atoms with Crippen molar-refractivity contribution in [1.29, 1.82) is 5.26 Å². The normalized spacial score (nSPS) is 24.4. The van der Waals surface area contributed by atoms with Crippen LogP contribution < -0.4 is 10.6 Å². The fourth-order valence-electron chi connectivity index (χ4n) is 2.37. The fraction of sp³-hybridized carbons (Fsp3) is 0.538. The zero-order valence-electron chi connectivity index (χ0n) is 10.1. The van der Waals surface area contributed by atoms with Gasteiger partial charge < -0.3 is 10.6 Å². The summed E-state index contributed by atoms with van der Waals surface area (Å²) in [6, 6.07) is 5.89. The summed E-state index contributed by atoms with van der Waals surface area (Å²) in [6.45, 7) is 5.01. The number of nitriles is 1. The van der Waals surface area contributed by atoms with Gasteiger partial charge in [0.25, 0.3) is 0 Å². The van der Waals surface area contributed by atoms with Crippen molar-refractivity contribution in [2.45, 2.75) is 13.3 Å². The van der Waals surface area contributed by atoms with Crippen molar-refractivity contribution in [2.75, 3.05) is 24.5 Å². The van der Waals surface area contributed by atoms with Gasteiger partial charge in [0.15, 0.2) is 0 Å². The predicted octanol–water partition coefficient (Wildman–Crippen LogP) is 1.37. The number of pyridine rings is 1. The van der Waals surface area contributed by atoms with Crippen LogP contribution in [0, 0.1) is 23.2 Å². The molecule has 2 rings (SSSR count). The molecule has 0 aliphatic carbocycles. The molecule has 0 bridgehead atoms. The number of anilines is 1. The van der Waals surface area contributed by atoms with Crippen molar-refractivity contribution in [3.05, 3.63) is 24.0 Å². The summed E-state index contributed by atoms with van der Waals surface area (Å²) >= 11 is 0. The number of nitrogens with zero attached hydrogens (tertiary/aromatic N) is 3. The lowest BCUT2D eigenvalue weighted by Gasteiger charge is -2.37. The molecule has 1 aromatic heterocycles. The summed E-state index contributed by atoms with van der Waals surface area (Å²) in [5.74, 6) is 1.23. The Bertz CT molecular complexity index is 424. The number of aromatic nitrogens is 1. The van der Waals surface area contributed by atoms with Gasteiger partial charge in [0, 0.05) is 25.0 Å². The van der Waals surface area contributed by atoms with E-state index in [1.54, 1.807) is 6.20 Å². The van der Waals surface area contributed by atoms with E-state index in [9.17, 15) is 0 Å². The number of hydrogen-bond donors (Lipinski definition) is 1. The Kier molecular flexibility index (Phi) is 3.60. The molecular weight excluding hydrogens is 212 g/mol. The van der Waals surface area contributed by atoms with E-state index >= 15 is 0 Å². The molecule has 2 atom stereocenters. The third kappa shape index (κ3) is 2.56. The van der Waals surface area contributed by atoms with Gasteiger partial charge in [0.1, 0.15) is 11.8 Å². The minimum atomic E-state index is 0.477. The second kappa shape index (κ2) is 5.15. The van der Waals surface area contributed by atoms with Crippen LogP contribution in [0.15, 0.2) is 18.3 Å². The Hall–Kier alpha value is -1.60. The minimum absolute atomic E-state index is 0.477. The van der Waals surface area contributed by atoms with Crippen LogP contribution in [0.3, 0.4) is 0 Å². The van der Waals surface area contributed by atoms with Crippen LogP contribution in [-0.4, -0.2) is 24.6 Å². The van der Waals surface area contributed by atoms with Gasteiger partial charge in [-0.1, -0.05) is 6.92 Å². The third-order valence-corrected chi connectivity index (χ3v) is 3.64. The van der Waals surface area contributed by atoms with Gasteiger partial charge >= 0.3 is 0 Å². The molecule has 1 aliphatic rings. The van der Waals surface area contributed by atoms with Gasteiger partial charge in [-0.15, -0.1) is 0 Å². The number of hydrogen-bond acceptors (Lipinski definition) is 4. The van der Waals surface area contributed by atoms with Crippen LogP contribution in [0.4, 0.5) is 5.69 Å². The molecule has 0 aromatic carbocycles. The lowest BCUT2D eigenvalue weighted by molar-refractivity contribution is 0.308. The van der Waals surface area contributed by atoms with Crippen molar-refractivity contribution < 1.29 is 0 Å². The van der Waals surface area contributed by atoms with Crippen molar-refractivity contribution >= 4 is 5.69 Å². The molecule has 1 aromatic rings. The highest BCUT2D eigenvalue weighted by atomic mass is 15.1. The van der Waals surface area contributed by atoms with Crippen LogP contribution in [0.1, 0.15) is 19.0 Å². The van der Waals surface area contributed by atoms with Gasteiger partial charge in [0.05, 0.1) is 0 Å². The van der Waals surface area contributed by atoms with E-state index in [1.807, 2.05) is 12.1 Å². The monoisotopic (exact) mass is 230 g/mol. The highest BCUT2D eigenvalue weighted by Crippen LogP contribution is 2.26. The smallest absolute Gasteiger partial charge is 0.142 e. The topological polar surface area (TPSA) is 65.9 Å². The molecule has 4 nitrogen and oxygen atoms in total.